The molecule has 1 aliphatic carbocycles. The zero-order valence-corrected chi connectivity index (χ0v) is 13.7. The van der Waals surface area contributed by atoms with Crippen LogP contribution < -0.4 is 0 Å². The van der Waals surface area contributed by atoms with Gasteiger partial charge >= 0.3 is 5.97 Å². The normalized spacial score (nSPS) is 24.5. The molecule has 0 radical (unpaired) electrons. The van der Waals surface area contributed by atoms with Crippen LogP contribution in [0.1, 0.15) is 28.8 Å². The molecule has 0 unspecified atom stereocenters. The van der Waals surface area contributed by atoms with E-state index in [0.29, 0.717) is 24.6 Å². The molecular formula is C17H21NO3S. The van der Waals surface area contributed by atoms with E-state index in [1.165, 1.54) is 0 Å². The zero-order valence-electron chi connectivity index (χ0n) is 12.9. The number of rotatable bonds is 4. The molecule has 118 valence electrons. The SMILES string of the molecule is CSc1ccc(C)c(C(=O)N2C[C@H](C(=O)O)[C@@H](C3CC3)C2)c1. The average Bonchev–Trinajstić information content (AvgIpc) is 3.25. The number of carboxylic acid groups (broad SMARTS) is 1. The fraction of sp³-hybridized carbons (Fsp3) is 0.529. The van der Waals surface area contributed by atoms with Gasteiger partial charge in [0.1, 0.15) is 0 Å². The summed E-state index contributed by atoms with van der Waals surface area (Å²) in [7, 11) is 0. The molecule has 1 aromatic rings. The summed E-state index contributed by atoms with van der Waals surface area (Å²) in [6.07, 6.45) is 4.20. The molecule has 0 bridgehead atoms. The van der Waals surface area contributed by atoms with Crippen molar-refractivity contribution in [1.29, 1.82) is 0 Å². The number of amides is 1. The van der Waals surface area contributed by atoms with E-state index in [-0.39, 0.29) is 11.8 Å². The second-order valence-corrected chi connectivity index (χ2v) is 7.22. The molecule has 2 aliphatic rings. The fourth-order valence-corrected chi connectivity index (χ4v) is 3.83. The Morgan fingerprint density at radius 3 is 2.59 bits per heavy atom. The second kappa shape index (κ2) is 5.95. The molecule has 5 heteroatoms. The van der Waals surface area contributed by atoms with E-state index >= 15 is 0 Å². The third-order valence-corrected chi connectivity index (χ3v) is 5.60. The zero-order chi connectivity index (χ0) is 15.9. The van der Waals surface area contributed by atoms with Crippen molar-refractivity contribution in [3.8, 4) is 0 Å². The molecule has 2 atom stereocenters. The molecule has 0 aromatic heterocycles. The van der Waals surface area contributed by atoms with Crippen LogP contribution in [0.5, 0.6) is 0 Å². The monoisotopic (exact) mass is 319 g/mol. The molecule has 1 N–H and O–H groups in total. The van der Waals surface area contributed by atoms with Crippen molar-refractivity contribution in [3.05, 3.63) is 29.3 Å². The van der Waals surface area contributed by atoms with E-state index in [0.717, 1.165) is 23.3 Å². The number of aryl methyl sites for hydroxylation is 1. The van der Waals surface area contributed by atoms with Crippen molar-refractivity contribution in [2.75, 3.05) is 19.3 Å². The molecule has 1 aliphatic heterocycles. The maximum atomic E-state index is 12.8. The first-order chi connectivity index (χ1) is 10.5. The highest BCUT2D eigenvalue weighted by Crippen LogP contribution is 2.44. The summed E-state index contributed by atoms with van der Waals surface area (Å²) in [6.45, 7) is 2.86. The fourth-order valence-electron chi connectivity index (χ4n) is 3.39. The van der Waals surface area contributed by atoms with E-state index in [9.17, 15) is 14.7 Å². The van der Waals surface area contributed by atoms with Crippen LogP contribution in [0.2, 0.25) is 0 Å². The molecule has 1 saturated heterocycles. The summed E-state index contributed by atoms with van der Waals surface area (Å²) in [6, 6.07) is 5.89. The summed E-state index contributed by atoms with van der Waals surface area (Å²) in [5.41, 5.74) is 1.65. The summed E-state index contributed by atoms with van der Waals surface area (Å²) in [5, 5.41) is 9.43. The summed E-state index contributed by atoms with van der Waals surface area (Å²) in [5.74, 6) is -0.562. The maximum Gasteiger partial charge on any atom is 0.308 e. The van der Waals surface area contributed by atoms with Crippen LogP contribution in [-0.2, 0) is 4.79 Å². The molecule has 22 heavy (non-hydrogen) atoms. The van der Waals surface area contributed by atoms with Gasteiger partial charge in [-0.15, -0.1) is 11.8 Å². The topological polar surface area (TPSA) is 57.6 Å². The predicted molar refractivity (Wildman–Crippen MR) is 86.2 cm³/mol. The van der Waals surface area contributed by atoms with Crippen LogP contribution in [0.15, 0.2) is 23.1 Å². The molecule has 1 saturated carbocycles. The smallest absolute Gasteiger partial charge is 0.308 e. The van der Waals surface area contributed by atoms with Crippen molar-refractivity contribution in [3.63, 3.8) is 0 Å². The minimum absolute atomic E-state index is 0.0252. The Morgan fingerprint density at radius 1 is 1.27 bits per heavy atom. The highest BCUT2D eigenvalue weighted by molar-refractivity contribution is 7.98. The van der Waals surface area contributed by atoms with Crippen LogP contribution in [0.25, 0.3) is 0 Å². The number of hydrogen-bond acceptors (Lipinski definition) is 3. The Kier molecular flexibility index (Phi) is 4.17. The Bertz CT molecular complexity index is 612. The van der Waals surface area contributed by atoms with Gasteiger partial charge < -0.3 is 10.0 Å². The molecule has 0 spiro atoms. The number of carbonyl (C=O) groups excluding carboxylic acids is 1. The number of thioether (sulfide) groups is 1. The number of aliphatic carboxylic acids is 1. The first kappa shape index (κ1) is 15.4. The largest absolute Gasteiger partial charge is 0.481 e. The van der Waals surface area contributed by atoms with E-state index in [1.807, 2.05) is 31.4 Å². The van der Waals surface area contributed by atoms with Gasteiger partial charge in [0.25, 0.3) is 5.91 Å². The molecule has 1 aromatic carbocycles. The quantitative estimate of drug-likeness (QED) is 0.867. The average molecular weight is 319 g/mol. The first-order valence-electron chi connectivity index (χ1n) is 7.68. The Balaban J connectivity index is 1.82. The van der Waals surface area contributed by atoms with E-state index < -0.39 is 11.9 Å². The lowest BCUT2D eigenvalue weighted by Gasteiger charge is -2.18. The van der Waals surface area contributed by atoms with Gasteiger partial charge in [0.2, 0.25) is 0 Å². The Labute approximate surface area is 134 Å². The molecule has 4 nitrogen and oxygen atoms in total. The van der Waals surface area contributed by atoms with Crippen LogP contribution >= 0.6 is 11.8 Å². The van der Waals surface area contributed by atoms with Gasteiger partial charge in [0, 0.05) is 23.5 Å². The van der Waals surface area contributed by atoms with Crippen LogP contribution in [-0.4, -0.2) is 41.2 Å². The van der Waals surface area contributed by atoms with E-state index in [4.69, 9.17) is 0 Å². The number of carbonyl (C=O) groups is 2. The molecule has 1 amide bonds. The van der Waals surface area contributed by atoms with Crippen molar-refractivity contribution < 1.29 is 14.7 Å². The number of hydrogen-bond donors (Lipinski definition) is 1. The summed E-state index contributed by atoms with van der Waals surface area (Å²) in [4.78, 5) is 27.1. The lowest BCUT2D eigenvalue weighted by atomic mass is 9.92. The molecule has 2 fully saturated rings. The molecular weight excluding hydrogens is 298 g/mol. The van der Waals surface area contributed by atoms with Crippen molar-refractivity contribution in [1.82, 2.24) is 4.90 Å². The van der Waals surface area contributed by atoms with Gasteiger partial charge in [-0.05, 0) is 55.6 Å². The maximum absolute atomic E-state index is 12.8. The Morgan fingerprint density at radius 2 is 2.00 bits per heavy atom. The third kappa shape index (κ3) is 2.86. The standard InChI is InChI=1S/C17H21NO3S/c1-10-3-6-12(22-2)7-13(10)16(19)18-8-14(11-4-5-11)15(9-18)17(20)21/h3,6-7,11,14-15H,4-5,8-9H2,1-2H3,(H,20,21)/t14-,15+/m1/s1. The number of likely N-dealkylation sites (tertiary alicyclic amines) is 1. The predicted octanol–water partition coefficient (Wildman–Crippen LogP) is 2.90. The summed E-state index contributed by atoms with van der Waals surface area (Å²) >= 11 is 1.61. The highest BCUT2D eigenvalue weighted by Gasteiger charge is 2.47. The highest BCUT2D eigenvalue weighted by atomic mass is 32.2. The number of benzene rings is 1. The third-order valence-electron chi connectivity index (χ3n) is 4.87. The van der Waals surface area contributed by atoms with Gasteiger partial charge in [-0.25, -0.2) is 0 Å². The minimum Gasteiger partial charge on any atom is -0.481 e. The van der Waals surface area contributed by atoms with Gasteiger partial charge in [-0.1, -0.05) is 6.07 Å². The van der Waals surface area contributed by atoms with Crippen molar-refractivity contribution in [2.45, 2.75) is 24.7 Å². The lowest BCUT2D eigenvalue weighted by Crippen LogP contribution is -2.30. The van der Waals surface area contributed by atoms with E-state index in [2.05, 4.69) is 0 Å². The first-order valence-corrected chi connectivity index (χ1v) is 8.90. The van der Waals surface area contributed by atoms with Gasteiger partial charge in [-0.2, -0.15) is 0 Å². The summed E-state index contributed by atoms with van der Waals surface area (Å²) < 4.78 is 0. The lowest BCUT2D eigenvalue weighted by molar-refractivity contribution is -0.142. The van der Waals surface area contributed by atoms with Crippen LogP contribution in [0, 0.1) is 24.7 Å². The Hall–Kier alpha value is -1.49. The number of nitrogens with zero attached hydrogens (tertiary/aromatic N) is 1. The van der Waals surface area contributed by atoms with Gasteiger partial charge in [-0.3, -0.25) is 9.59 Å². The number of carboxylic acids is 1. The van der Waals surface area contributed by atoms with Crippen molar-refractivity contribution in [2.24, 2.45) is 17.8 Å². The molecule has 3 rings (SSSR count). The van der Waals surface area contributed by atoms with Crippen LogP contribution in [0.4, 0.5) is 0 Å². The van der Waals surface area contributed by atoms with Crippen LogP contribution in [0.3, 0.4) is 0 Å². The van der Waals surface area contributed by atoms with Crippen molar-refractivity contribution >= 4 is 23.6 Å². The second-order valence-electron chi connectivity index (χ2n) is 6.34. The molecule has 1 heterocycles. The van der Waals surface area contributed by atoms with E-state index in [1.54, 1.807) is 16.7 Å². The van der Waals surface area contributed by atoms with Gasteiger partial charge in [0.05, 0.1) is 5.92 Å². The minimum atomic E-state index is -0.762. The van der Waals surface area contributed by atoms with Gasteiger partial charge in [0.15, 0.2) is 0 Å².